The van der Waals surface area contributed by atoms with Gasteiger partial charge in [-0.05, 0) is 87.5 Å². The lowest BCUT2D eigenvalue weighted by Gasteiger charge is -2.64. The number of carbonyl (C=O) groups excluding carboxylic acids is 1. The molecule has 12 nitrogen and oxygen atoms in total. The van der Waals surface area contributed by atoms with Gasteiger partial charge in [-0.1, -0.05) is 19.9 Å². The number of fused-ring (bicyclic) bond motifs is 3. The SMILES string of the molecule is C=C1[C@@H]2CC[C@H]3[C@]4(C)CCC[C@@](C)(C(=O)O[C@@H]5O[C@H](CO)[C@@H](O)[C@H](O)[C@H]5O)[C@H]4CC[C@]3(C2)[C@@H]1O[C@H]1O[C@@H](C)[C@@H](O)[C@@H](O)[C@@H]1O. The molecular weight excluding hydrogens is 576 g/mol. The van der Waals surface area contributed by atoms with Crippen LogP contribution >= 0.6 is 0 Å². The second-order valence-corrected chi connectivity index (χ2v) is 15.0. The molecule has 4 aliphatic carbocycles. The summed E-state index contributed by atoms with van der Waals surface area (Å²) in [5.74, 6) is -0.165. The molecule has 2 bridgehead atoms. The van der Waals surface area contributed by atoms with Crippen molar-refractivity contribution in [1.29, 1.82) is 0 Å². The maximum Gasteiger partial charge on any atom is 0.314 e. The average Bonchev–Trinajstić information content (AvgIpc) is 3.18. The first kappa shape index (κ1) is 32.7. The Labute approximate surface area is 258 Å². The second kappa shape index (κ2) is 11.5. The van der Waals surface area contributed by atoms with Crippen molar-refractivity contribution >= 4 is 5.97 Å². The van der Waals surface area contributed by atoms with E-state index in [1.54, 1.807) is 6.92 Å². The molecular formula is C32H50O12. The normalized spacial score (nSPS) is 55.6. The molecule has 17 atom stereocenters. The minimum atomic E-state index is -1.66. The van der Waals surface area contributed by atoms with Gasteiger partial charge >= 0.3 is 5.97 Å². The lowest BCUT2D eigenvalue weighted by Crippen LogP contribution is -2.63. The van der Waals surface area contributed by atoms with Crippen LogP contribution in [0.2, 0.25) is 0 Å². The van der Waals surface area contributed by atoms with Crippen LogP contribution in [0.4, 0.5) is 0 Å². The molecule has 4 saturated carbocycles. The fraction of sp³-hybridized carbons (Fsp3) is 0.906. The Morgan fingerprint density at radius 1 is 0.864 bits per heavy atom. The van der Waals surface area contributed by atoms with Crippen molar-refractivity contribution < 1.29 is 59.5 Å². The fourth-order valence-electron chi connectivity index (χ4n) is 10.5. The van der Waals surface area contributed by atoms with Gasteiger partial charge in [0.15, 0.2) is 6.29 Å². The minimum Gasteiger partial charge on any atom is -0.432 e. The topological polar surface area (TPSA) is 196 Å². The van der Waals surface area contributed by atoms with E-state index in [2.05, 4.69) is 13.5 Å². The van der Waals surface area contributed by atoms with Crippen LogP contribution in [-0.2, 0) is 23.7 Å². The Morgan fingerprint density at radius 2 is 1.55 bits per heavy atom. The van der Waals surface area contributed by atoms with E-state index in [1.165, 1.54) is 0 Å². The molecule has 7 N–H and O–H groups in total. The highest BCUT2D eigenvalue weighted by molar-refractivity contribution is 5.77. The molecule has 1 spiro atoms. The number of aliphatic hydroxyl groups is 7. The van der Waals surface area contributed by atoms with Crippen molar-refractivity contribution in [2.24, 2.45) is 34.0 Å². The predicted octanol–water partition coefficient (Wildman–Crippen LogP) is 0.121. The molecule has 6 aliphatic rings. The third-order valence-electron chi connectivity index (χ3n) is 12.8. The summed E-state index contributed by atoms with van der Waals surface area (Å²) in [6.45, 7) is 9.64. The summed E-state index contributed by atoms with van der Waals surface area (Å²) in [5, 5.41) is 72.0. The summed E-state index contributed by atoms with van der Waals surface area (Å²) in [6, 6.07) is 0. The molecule has 0 radical (unpaired) electrons. The summed E-state index contributed by atoms with van der Waals surface area (Å²) < 4.78 is 23.7. The Kier molecular flexibility index (Phi) is 8.56. The van der Waals surface area contributed by atoms with Gasteiger partial charge < -0.3 is 54.7 Å². The maximum absolute atomic E-state index is 14.0. The molecule has 6 rings (SSSR count). The quantitative estimate of drug-likeness (QED) is 0.161. The van der Waals surface area contributed by atoms with E-state index >= 15 is 0 Å². The third-order valence-corrected chi connectivity index (χ3v) is 12.8. The second-order valence-electron chi connectivity index (χ2n) is 15.0. The van der Waals surface area contributed by atoms with Crippen LogP contribution in [-0.4, -0.2) is 116 Å². The van der Waals surface area contributed by atoms with Crippen LogP contribution in [0.25, 0.3) is 0 Å². The number of aliphatic hydroxyl groups excluding tert-OH is 7. The van der Waals surface area contributed by atoms with Crippen LogP contribution in [0.15, 0.2) is 12.2 Å². The first-order chi connectivity index (χ1) is 20.7. The Morgan fingerprint density at radius 3 is 2.25 bits per heavy atom. The molecule has 2 aliphatic heterocycles. The highest BCUT2D eigenvalue weighted by atomic mass is 16.7. The van der Waals surface area contributed by atoms with Crippen LogP contribution in [0.3, 0.4) is 0 Å². The van der Waals surface area contributed by atoms with Crippen molar-refractivity contribution in [3.63, 3.8) is 0 Å². The van der Waals surface area contributed by atoms with E-state index in [4.69, 9.17) is 18.9 Å². The zero-order chi connectivity index (χ0) is 31.9. The van der Waals surface area contributed by atoms with Gasteiger partial charge in [0.1, 0.15) is 42.7 Å². The zero-order valence-corrected chi connectivity index (χ0v) is 25.8. The predicted molar refractivity (Wildman–Crippen MR) is 152 cm³/mol. The Hall–Kier alpha value is -1.19. The van der Waals surface area contributed by atoms with Crippen molar-refractivity contribution in [3.05, 3.63) is 12.2 Å². The highest BCUT2D eigenvalue weighted by Gasteiger charge is 2.69. The van der Waals surface area contributed by atoms with Gasteiger partial charge in [0.25, 0.3) is 0 Å². The number of carbonyl (C=O) groups is 1. The lowest BCUT2D eigenvalue weighted by molar-refractivity contribution is -0.315. The Balaban J connectivity index is 1.25. The Bertz CT molecular complexity index is 1120. The van der Waals surface area contributed by atoms with Crippen LogP contribution in [0.5, 0.6) is 0 Å². The van der Waals surface area contributed by atoms with E-state index in [9.17, 15) is 40.5 Å². The largest absolute Gasteiger partial charge is 0.432 e. The molecule has 6 fully saturated rings. The molecule has 250 valence electrons. The van der Waals surface area contributed by atoms with E-state index in [1.807, 2.05) is 6.92 Å². The smallest absolute Gasteiger partial charge is 0.314 e. The molecule has 2 heterocycles. The molecule has 2 saturated heterocycles. The van der Waals surface area contributed by atoms with Crippen molar-refractivity contribution in [2.75, 3.05) is 6.61 Å². The summed E-state index contributed by atoms with van der Waals surface area (Å²) in [7, 11) is 0. The van der Waals surface area contributed by atoms with Crippen molar-refractivity contribution in [2.45, 2.75) is 140 Å². The van der Waals surface area contributed by atoms with E-state index in [-0.39, 0.29) is 28.6 Å². The van der Waals surface area contributed by atoms with E-state index < -0.39 is 85.5 Å². The molecule has 44 heavy (non-hydrogen) atoms. The van der Waals surface area contributed by atoms with Gasteiger partial charge in [0.05, 0.1) is 24.2 Å². The van der Waals surface area contributed by atoms with Crippen molar-refractivity contribution in [1.82, 2.24) is 0 Å². The summed E-state index contributed by atoms with van der Waals surface area (Å²) in [4.78, 5) is 14.0. The highest BCUT2D eigenvalue weighted by Crippen LogP contribution is 2.73. The number of esters is 1. The summed E-state index contributed by atoms with van der Waals surface area (Å²) >= 11 is 0. The van der Waals surface area contributed by atoms with E-state index in [0.717, 1.165) is 44.1 Å². The standard InChI is InChI=1S/C32H50O12/c1-14-16-6-7-19-30(3)9-5-10-31(4,29(40)44-28-25(39)23(37)21(35)17(13-33)42-28)18(30)8-11-32(19,12-16)26(14)43-27-24(38)22(36)20(34)15(2)41-27/h15-28,33-39H,1,5-13H2,2-4H3/t15-,16+,17+,18-,19-,20+,21+,22+,23-,24-,25+,26+,27+,28-,30+,31+,32+/m0/s1. The summed E-state index contributed by atoms with van der Waals surface area (Å²) in [5.41, 5.74) is -0.502. The number of rotatable bonds is 5. The first-order valence-corrected chi connectivity index (χ1v) is 16.2. The van der Waals surface area contributed by atoms with Gasteiger partial charge in [-0.3, -0.25) is 4.79 Å². The molecule has 12 heteroatoms. The number of hydrogen-bond donors (Lipinski definition) is 7. The summed E-state index contributed by atoms with van der Waals surface area (Å²) in [6.07, 6.45) is -7.35. The van der Waals surface area contributed by atoms with Crippen LogP contribution < -0.4 is 0 Å². The van der Waals surface area contributed by atoms with E-state index in [0.29, 0.717) is 12.8 Å². The molecule has 0 amide bonds. The van der Waals surface area contributed by atoms with Crippen LogP contribution in [0, 0.1) is 34.0 Å². The number of ether oxygens (including phenoxy) is 4. The van der Waals surface area contributed by atoms with Gasteiger partial charge in [-0.2, -0.15) is 0 Å². The lowest BCUT2D eigenvalue weighted by atomic mass is 9.40. The van der Waals surface area contributed by atoms with Crippen LogP contribution in [0.1, 0.15) is 72.1 Å². The molecule has 0 aromatic rings. The van der Waals surface area contributed by atoms with Gasteiger partial charge in [-0.15, -0.1) is 0 Å². The van der Waals surface area contributed by atoms with Gasteiger partial charge in [0.2, 0.25) is 6.29 Å². The minimum absolute atomic E-state index is 0.0589. The molecule has 0 unspecified atom stereocenters. The fourth-order valence-corrected chi connectivity index (χ4v) is 10.5. The monoisotopic (exact) mass is 626 g/mol. The van der Waals surface area contributed by atoms with Gasteiger partial charge in [-0.25, -0.2) is 0 Å². The van der Waals surface area contributed by atoms with Crippen molar-refractivity contribution in [3.8, 4) is 0 Å². The first-order valence-electron chi connectivity index (χ1n) is 16.2. The zero-order valence-electron chi connectivity index (χ0n) is 25.8. The number of hydrogen-bond acceptors (Lipinski definition) is 12. The third kappa shape index (κ3) is 4.74. The maximum atomic E-state index is 14.0. The van der Waals surface area contributed by atoms with Gasteiger partial charge in [0, 0.05) is 5.41 Å². The molecule has 0 aromatic heterocycles. The molecule has 0 aromatic carbocycles. The average molecular weight is 627 g/mol.